The third kappa shape index (κ3) is 2.72. The van der Waals surface area contributed by atoms with Gasteiger partial charge in [-0.2, -0.15) is 0 Å². The van der Waals surface area contributed by atoms with Crippen molar-refractivity contribution in [3.63, 3.8) is 0 Å². The molecule has 1 aromatic carbocycles. The summed E-state index contributed by atoms with van der Waals surface area (Å²) >= 11 is 0. The molecule has 0 aromatic heterocycles. The molecule has 1 aliphatic heterocycles. The fraction of sp³-hybridized carbons (Fsp3) is 0.462. The summed E-state index contributed by atoms with van der Waals surface area (Å²) in [4.78, 5) is 15.4. The van der Waals surface area contributed by atoms with Gasteiger partial charge in [-0.1, -0.05) is 6.42 Å². The molecule has 5 heteroatoms. The van der Waals surface area contributed by atoms with E-state index in [2.05, 4.69) is 0 Å². The van der Waals surface area contributed by atoms with E-state index in [9.17, 15) is 9.18 Å². The Hall–Kier alpha value is -1.36. The Morgan fingerprint density at radius 1 is 1.39 bits per heavy atom. The normalized spacial score (nSPS) is 20.7. The number of likely N-dealkylation sites (N-methyl/N-ethyl adjacent to an activating group) is 1. The summed E-state index contributed by atoms with van der Waals surface area (Å²) in [6.07, 6.45) is 2.82. The zero-order valence-corrected chi connectivity index (χ0v) is 10.5. The zero-order valence-electron chi connectivity index (χ0n) is 10.5. The Morgan fingerprint density at radius 3 is 2.67 bits per heavy atom. The predicted octanol–water partition coefficient (Wildman–Crippen LogP) is 1.73. The van der Waals surface area contributed by atoms with Crippen molar-refractivity contribution in [2.75, 3.05) is 18.5 Å². The van der Waals surface area contributed by atoms with E-state index in [1.165, 1.54) is 17.0 Å². The molecule has 94 valence electrons. The van der Waals surface area contributed by atoms with Crippen molar-refractivity contribution >= 4 is 19.6 Å². The van der Waals surface area contributed by atoms with Crippen LogP contribution in [-0.4, -0.2) is 38.3 Å². The van der Waals surface area contributed by atoms with Crippen LogP contribution in [0.15, 0.2) is 24.3 Å². The van der Waals surface area contributed by atoms with E-state index >= 15 is 0 Å². The molecule has 1 fully saturated rings. The van der Waals surface area contributed by atoms with Gasteiger partial charge in [0, 0.05) is 12.7 Å². The standard InChI is InChI=1S/C13H16BFN2O/c1-16(11-7-5-10(15)6-8-11)13(18)12-4-2-3-9-17(12)14/h5-8,12H,2-4,9H2,1H3. The average molecular weight is 246 g/mol. The molecular weight excluding hydrogens is 230 g/mol. The van der Waals surface area contributed by atoms with Gasteiger partial charge < -0.3 is 9.71 Å². The van der Waals surface area contributed by atoms with E-state index in [0.717, 1.165) is 25.8 Å². The first-order valence-electron chi connectivity index (χ1n) is 6.14. The Bertz CT molecular complexity index is 424. The highest BCUT2D eigenvalue weighted by molar-refractivity contribution is 6.08. The minimum Gasteiger partial charge on any atom is -0.343 e. The van der Waals surface area contributed by atoms with Crippen molar-refractivity contribution in [1.82, 2.24) is 4.81 Å². The minimum absolute atomic E-state index is 0.0381. The van der Waals surface area contributed by atoms with Crippen molar-refractivity contribution in [3.05, 3.63) is 30.1 Å². The van der Waals surface area contributed by atoms with Gasteiger partial charge >= 0.3 is 0 Å². The topological polar surface area (TPSA) is 23.6 Å². The highest BCUT2D eigenvalue weighted by Gasteiger charge is 2.28. The van der Waals surface area contributed by atoms with E-state index in [1.54, 1.807) is 24.0 Å². The Kier molecular flexibility index (Phi) is 4.02. The third-order valence-corrected chi connectivity index (χ3v) is 3.37. The third-order valence-electron chi connectivity index (χ3n) is 3.37. The van der Waals surface area contributed by atoms with Crippen LogP contribution < -0.4 is 4.90 Å². The molecule has 1 aromatic rings. The maximum atomic E-state index is 12.8. The lowest BCUT2D eigenvalue weighted by Crippen LogP contribution is -2.49. The van der Waals surface area contributed by atoms with Gasteiger partial charge in [0.05, 0.1) is 6.04 Å². The van der Waals surface area contributed by atoms with Gasteiger partial charge in [0.15, 0.2) is 7.98 Å². The van der Waals surface area contributed by atoms with Gasteiger partial charge in [0.2, 0.25) is 5.91 Å². The molecule has 2 radical (unpaired) electrons. The Morgan fingerprint density at radius 2 is 2.06 bits per heavy atom. The summed E-state index contributed by atoms with van der Waals surface area (Å²) in [5, 5.41) is 0. The average Bonchev–Trinajstić information content (AvgIpc) is 2.38. The van der Waals surface area contributed by atoms with Gasteiger partial charge in [-0.3, -0.25) is 4.79 Å². The van der Waals surface area contributed by atoms with Gasteiger partial charge in [-0.05, 0) is 43.7 Å². The number of carbonyl (C=O) groups is 1. The number of rotatable bonds is 2. The quantitative estimate of drug-likeness (QED) is 0.742. The number of hydrogen-bond acceptors (Lipinski definition) is 2. The first-order valence-corrected chi connectivity index (χ1v) is 6.14. The van der Waals surface area contributed by atoms with Gasteiger partial charge in [0.25, 0.3) is 0 Å². The monoisotopic (exact) mass is 246 g/mol. The highest BCUT2D eigenvalue weighted by atomic mass is 19.1. The lowest BCUT2D eigenvalue weighted by Gasteiger charge is -2.34. The van der Waals surface area contributed by atoms with E-state index in [4.69, 9.17) is 7.98 Å². The molecule has 18 heavy (non-hydrogen) atoms. The van der Waals surface area contributed by atoms with E-state index in [-0.39, 0.29) is 17.8 Å². The van der Waals surface area contributed by atoms with Crippen LogP contribution in [0.2, 0.25) is 0 Å². The molecule has 1 amide bonds. The van der Waals surface area contributed by atoms with Gasteiger partial charge in [0.1, 0.15) is 5.82 Å². The van der Waals surface area contributed by atoms with Gasteiger partial charge in [-0.25, -0.2) is 4.39 Å². The van der Waals surface area contributed by atoms with Crippen molar-refractivity contribution in [3.8, 4) is 0 Å². The molecule has 0 bridgehead atoms. The molecule has 1 saturated heterocycles. The summed E-state index contributed by atoms with van der Waals surface area (Å²) in [6.45, 7) is 0.744. The van der Waals surface area contributed by atoms with Crippen molar-refractivity contribution < 1.29 is 9.18 Å². The van der Waals surface area contributed by atoms with Gasteiger partial charge in [-0.15, -0.1) is 0 Å². The van der Waals surface area contributed by atoms with Crippen molar-refractivity contribution in [2.24, 2.45) is 0 Å². The van der Waals surface area contributed by atoms with Crippen LogP contribution in [0.5, 0.6) is 0 Å². The van der Waals surface area contributed by atoms with Crippen LogP contribution in [0.25, 0.3) is 0 Å². The maximum absolute atomic E-state index is 12.8. The molecule has 0 saturated carbocycles. The molecule has 2 rings (SSSR count). The second kappa shape index (κ2) is 5.52. The molecular formula is C13H16BFN2O. The molecule has 0 N–H and O–H groups in total. The van der Waals surface area contributed by atoms with Crippen LogP contribution in [-0.2, 0) is 4.79 Å². The number of carbonyl (C=O) groups excluding carboxylic acids is 1. The molecule has 0 aliphatic carbocycles. The second-order valence-corrected chi connectivity index (χ2v) is 4.62. The molecule has 0 spiro atoms. The van der Waals surface area contributed by atoms with Crippen LogP contribution in [0.3, 0.4) is 0 Å². The number of hydrogen-bond donors (Lipinski definition) is 0. The highest BCUT2D eigenvalue weighted by Crippen LogP contribution is 2.20. The number of benzene rings is 1. The van der Waals surface area contributed by atoms with E-state index in [0.29, 0.717) is 5.69 Å². The number of halogens is 1. The summed E-state index contributed by atoms with van der Waals surface area (Å²) in [5.74, 6) is -0.346. The van der Waals surface area contributed by atoms with Crippen LogP contribution in [0.4, 0.5) is 10.1 Å². The lowest BCUT2D eigenvalue weighted by atomic mass is 9.97. The number of amides is 1. The van der Waals surface area contributed by atoms with E-state index < -0.39 is 0 Å². The lowest BCUT2D eigenvalue weighted by molar-refractivity contribution is -0.122. The minimum atomic E-state index is -0.308. The van der Waals surface area contributed by atoms with Crippen molar-refractivity contribution in [2.45, 2.75) is 25.3 Å². The Labute approximate surface area is 108 Å². The molecule has 1 unspecified atom stereocenters. The van der Waals surface area contributed by atoms with Crippen LogP contribution >= 0.6 is 0 Å². The largest absolute Gasteiger partial charge is 0.343 e. The second-order valence-electron chi connectivity index (χ2n) is 4.62. The summed E-state index contributed by atoms with van der Waals surface area (Å²) in [7, 11) is 7.54. The number of nitrogens with zero attached hydrogens (tertiary/aromatic N) is 2. The molecule has 1 atom stereocenters. The molecule has 1 aliphatic rings. The smallest absolute Gasteiger partial charge is 0.243 e. The first-order chi connectivity index (χ1) is 8.59. The van der Waals surface area contributed by atoms with Crippen LogP contribution in [0.1, 0.15) is 19.3 Å². The summed E-state index contributed by atoms with van der Waals surface area (Å²) < 4.78 is 12.8. The van der Waals surface area contributed by atoms with Crippen molar-refractivity contribution in [1.29, 1.82) is 0 Å². The first kappa shape index (κ1) is 13.1. The summed E-state index contributed by atoms with van der Waals surface area (Å²) in [5.41, 5.74) is 0.681. The number of piperidine rings is 1. The molecule has 1 heterocycles. The SMILES string of the molecule is [B]N1CCCCC1C(=O)N(C)c1ccc(F)cc1. The fourth-order valence-corrected chi connectivity index (χ4v) is 2.23. The van der Waals surface area contributed by atoms with E-state index in [1.807, 2.05) is 0 Å². The number of anilines is 1. The van der Waals surface area contributed by atoms with Crippen LogP contribution in [0, 0.1) is 5.82 Å². The summed E-state index contributed by atoms with van der Waals surface area (Å²) in [6, 6.07) is 5.61. The zero-order chi connectivity index (χ0) is 13.1. The fourth-order valence-electron chi connectivity index (χ4n) is 2.23. The predicted molar refractivity (Wildman–Crippen MR) is 69.9 cm³/mol. The molecule has 3 nitrogen and oxygen atoms in total. The Balaban J connectivity index is 2.10. The maximum Gasteiger partial charge on any atom is 0.243 e.